The van der Waals surface area contributed by atoms with E-state index >= 15 is 0 Å². The molecular formula is C27H28N2O3. The summed E-state index contributed by atoms with van der Waals surface area (Å²) in [6, 6.07) is 16.5. The summed E-state index contributed by atoms with van der Waals surface area (Å²) in [5, 5.41) is 20.8. The molecule has 4 rings (SSSR count). The predicted molar refractivity (Wildman–Crippen MR) is 126 cm³/mol. The van der Waals surface area contributed by atoms with Gasteiger partial charge in [-0.1, -0.05) is 61.9 Å². The van der Waals surface area contributed by atoms with Crippen LogP contribution in [0.25, 0.3) is 16.8 Å². The first-order valence-corrected chi connectivity index (χ1v) is 11.0. The number of nitrogens with zero attached hydrogens (tertiary/aromatic N) is 2. The zero-order valence-electron chi connectivity index (χ0n) is 18.7. The van der Waals surface area contributed by atoms with Crippen LogP contribution in [-0.2, 0) is 6.42 Å². The van der Waals surface area contributed by atoms with Crippen LogP contribution in [0.1, 0.15) is 64.3 Å². The van der Waals surface area contributed by atoms with Gasteiger partial charge in [-0.2, -0.15) is 0 Å². The van der Waals surface area contributed by atoms with Crippen molar-refractivity contribution in [1.29, 1.82) is 0 Å². The van der Waals surface area contributed by atoms with E-state index < -0.39 is 12.1 Å². The molecule has 164 valence electrons. The third kappa shape index (κ3) is 4.04. The van der Waals surface area contributed by atoms with E-state index in [2.05, 4.69) is 13.0 Å². The quantitative estimate of drug-likeness (QED) is 0.394. The van der Waals surface area contributed by atoms with Crippen molar-refractivity contribution in [3.63, 3.8) is 0 Å². The van der Waals surface area contributed by atoms with Crippen molar-refractivity contribution in [1.82, 2.24) is 9.38 Å². The molecule has 0 aliphatic rings. The number of aliphatic hydroxyl groups excluding tert-OH is 1. The van der Waals surface area contributed by atoms with Gasteiger partial charge < -0.3 is 14.6 Å². The van der Waals surface area contributed by atoms with Crippen LogP contribution in [0.3, 0.4) is 0 Å². The van der Waals surface area contributed by atoms with Gasteiger partial charge in [-0.05, 0) is 60.6 Å². The van der Waals surface area contributed by atoms with E-state index in [1.807, 2.05) is 54.8 Å². The molecule has 5 heteroatoms. The molecule has 0 saturated carbocycles. The van der Waals surface area contributed by atoms with Crippen molar-refractivity contribution in [3.8, 4) is 11.1 Å². The minimum absolute atomic E-state index is 0.259. The van der Waals surface area contributed by atoms with E-state index in [4.69, 9.17) is 4.98 Å². The Bertz CT molecular complexity index is 1270. The molecule has 1 atom stereocenters. The second-order valence-electron chi connectivity index (χ2n) is 8.30. The van der Waals surface area contributed by atoms with Gasteiger partial charge in [0.1, 0.15) is 11.8 Å². The summed E-state index contributed by atoms with van der Waals surface area (Å²) in [6.45, 7) is 6.22. The zero-order valence-corrected chi connectivity index (χ0v) is 18.7. The Balaban J connectivity index is 1.73. The van der Waals surface area contributed by atoms with E-state index in [-0.39, 0.29) is 5.56 Å². The fraction of sp³-hybridized carbons (Fsp3) is 0.259. The highest BCUT2D eigenvalue weighted by Crippen LogP contribution is 2.30. The van der Waals surface area contributed by atoms with Gasteiger partial charge in [0.05, 0.1) is 17.0 Å². The van der Waals surface area contributed by atoms with Crippen molar-refractivity contribution in [3.05, 3.63) is 94.4 Å². The number of rotatable bonds is 7. The topological polar surface area (TPSA) is 74.8 Å². The normalized spacial score (nSPS) is 12.2. The van der Waals surface area contributed by atoms with Crippen LogP contribution in [0.5, 0.6) is 0 Å². The van der Waals surface area contributed by atoms with E-state index in [0.717, 1.165) is 58.6 Å². The van der Waals surface area contributed by atoms with E-state index in [0.29, 0.717) is 5.56 Å². The summed E-state index contributed by atoms with van der Waals surface area (Å²) in [4.78, 5) is 16.4. The van der Waals surface area contributed by atoms with Crippen molar-refractivity contribution < 1.29 is 15.0 Å². The summed E-state index contributed by atoms with van der Waals surface area (Å²) >= 11 is 0. The Morgan fingerprint density at radius 3 is 2.47 bits per heavy atom. The molecule has 2 heterocycles. The Morgan fingerprint density at radius 1 is 1.06 bits per heavy atom. The number of carboxylic acid groups (broad SMARTS) is 1. The van der Waals surface area contributed by atoms with E-state index in [1.165, 1.54) is 0 Å². The van der Waals surface area contributed by atoms with Crippen LogP contribution < -0.4 is 0 Å². The molecule has 0 aliphatic heterocycles. The minimum atomic E-state index is -0.957. The van der Waals surface area contributed by atoms with Crippen LogP contribution >= 0.6 is 0 Å². The maximum absolute atomic E-state index is 11.6. The van der Waals surface area contributed by atoms with Crippen LogP contribution in [0, 0.1) is 13.8 Å². The summed E-state index contributed by atoms with van der Waals surface area (Å²) < 4.78 is 2.02. The highest BCUT2D eigenvalue weighted by atomic mass is 16.4. The first kappa shape index (κ1) is 21.8. The standard InChI is InChI=1S/C27H28N2O3/c1-4-5-8-21-16-29-24(17(2)15-18(3)26(29)28-21)25(30)20-13-11-19(12-14-20)22-9-6-7-10-23(22)27(31)32/h6-7,9-16,25,30H,4-5,8H2,1-3H3,(H,31,32)/t25-/m1/s1. The number of carboxylic acids is 1. The Hall–Kier alpha value is -3.44. The van der Waals surface area contributed by atoms with Gasteiger partial charge in [0.2, 0.25) is 0 Å². The number of pyridine rings is 1. The first-order chi connectivity index (χ1) is 15.4. The Morgan fingerprint density at radius 2 is 1.78 bits per heavy atom. The fourth-order valence-electron chi connectivity index (χ4n) is 4.29. The summed E-state index contributed by atoms with van der Waals surface area (Å²) in [5.74, 6) is -0.957. The van der Waals surface area contributed by atoms with Gasteiger partial charge in [0, 0.05) is 6.20 Å². The number of benzene rings is 2. The summed E-state index contributed by atoms with van der Waals surface area (Å²) in [6.07, 6.45) is 4.33. The molecule has 4 aromatic rings. The maximum atomic E-state index is 11.6. The number of fused-ring (bicyclic) bond motifs is 1. The van der Waals surface area contributed by atoms with E-state index in [9.17, 15) is 15.0 Å². The number of aromatic nitrogens is 2. The van der Waals surface area contributed by atoms with Crippen LogP contribution in [0.2, 0.25) is 0 Å². The second kappa shape index (κ2) is 8.97. The molecule has 0 saturated heterocycles. The maximum Gasteiger partial charge on any atom is 0.336 e. The molecule has 0 amide bonds. The van der Waals surface area contributed by atoms with Crippen LogP contribution in [0.4, 0.5) is 0 Å². The first-order valence-electron chi connectivity index (χ1n) is 11.0. The minimum Gasteiger partial charge on any atom is -0.478 e. The molecular weight excluding hydrogens is 400 g/mol. The average molecular weight is 429 g/mol. The van der Waals surface area contributed by atoms with Gasteiger partial charge in [-0.3, -0.25) is 0 Å². The molecule has 0 spiro atoms. The van der Waals surface area contributed by atoms with Crippen molar-refractivity contribution in [2.75, 3.05) is 0 Å². The van der Waals surface area contributed by atoms with Gasteiger partial charge in [-0.25, -0.2) is 9.78 Å². The summed E-state index contributed by atoms with van der Waals surface area (Å²) in [5.41, 5.74) is 7.27. The highest BCUT2D eigenvalue weighted by Gasteiger charge is 2.20. The van der Waals surface area contributed by atoms with Crippen LogP contribution in [-0.4, -0.2) is 25.6 Å². The lowest BCUT2D eigenvalue weighted by molar-refractivity contribution is 0.0697. The van der Waals surface area contributed by atoms with Gasteiger partial charge in [0.25, 0.3) is 0 Å². The van der Waals surface area contributed by atoms with Crippen molar-refractivity contribution in [2.45, 2.75) is 46.1 Å². The molecule has 0 unspecified atom stereocenters. The number of unbranched alkanes of at least 4 members (excludes halogenated alkanes) is 1. The lowest BCUT2D eigenvalue weighted by Crippen LogP contribution is -2.09. The SMILES string of the molecule is CCCCc1cn2c([C@H](O)c3ccc(-c4ccccc4C(=O)O)cc3)c(C)cc(C)c2n1. The number of aromatic carboxylic acids is 1. The molecule has 0 aliphatic carbocycles. The smallest absolute Gasteiger partial charge is 0.336 e. The number of aliphatic hydroxyl groups is 1. The average Bonchev–Trinajstić information content (AvgIpc) is 3.22. The molecule has 0 radical (unpaired) electrons. The number of hydrogen-bond donors (Lipinski definition) is 2. The number of carbonyl (C=O) groups is 1. The van der Waals surface area contributed by atoms with Crippen molar-refractivity contribution >= 4 is 11.6 Å². The molecule has 2 aromatic heterocycles. The van der Waals surface area contributed by atoms with Crippen molar-refractivity contribution in [2.24, 2.45) is 0 Å². The lowest BCUT2D eigenvalue weighted by Gasteiger charge is -2.18. The predicted octanol–water partition coefficient (Wildman–Crippen LogP) is 5.74. The van der Waals surface area contributed by atoms with Gasteiger partial charge >= 0.3 is 5.97 Å². The number of hydrogen-bond acceptors (Lipinski definition) is 3. The van der Waals surface area contributed by atoms with E-state index in [1.54, 1.807) is 18.2 Å². The lowest BCUT2D eigenvalue weighted by atomic mass is 9.96. The highest BCUT2D eigenvalue weighted by molar-refractivity contribution is 5.96. The number of aryl methyl sites for hydroxylation is 3. The fourth-order valence-corrected chi connectivity index (χ4v) is 4.29. The molecule has 0 fully saturated rings. The monoisotopic (exact) mass is 428 g/mol. The molecule has 5 nitrogen and oxygen atoms in total. The third-order valence-electron chi connectivity index (χ3n) is 5.95. The molecule has 32 heavy (non-hydrogen) atoms. The van der Waals surface area contributed by atoms with Crippen LogP contribution in [0.15, 0.2) is 60.8 Å². The zero-order chi connectivity index (χ0) is 22.8. The number of imidazole rings is 1. The largest absolute Gasteiger partial charge is 0.478 e. The summed E-state index contributed by atoms with van der Waals surface area (Å²) in [7, 11) is 0. The van der Waals surface area contributed by atoms with Gasteiger partial charge in [-0.15, -0.1) is 0 Å². The Kier molecular flexibility index (Phi) is 6.10. The third-order valence-corrected chi connectivity index (χ3v) is 5.95. The molecule has 2 N–H and O–H groups in total. The Labute approximate surface area is 188 Å². The van der Waals surface area contributed by atoms with Gasteiger partial charge in [0.15, 0.2) is 0 Å². The molecule has 2 aromatic carbocycles. The second-order valence-corrected chi connectivity index (χ2v) is 8.30. The molecule has 0 bridgehead atoms.